The fourth-order valence-electron chi connectivity index (χ4n) is 3.05. The van der Waals surface area contributed by atoms with E-state index in [1.807, 2.05) is 38.4 Å². The average Bonchev–Trinajstić information content (AvgIpc) is 2.78. The van der Waals surface area contributed by atoms with E-state index in [1.165, 1.54) is 11.4 Å². The molecule has 0 bridgehead atoms. The van der Waals surface area contributed by atoms with Crippen molar-refractivity contribution in [2.75, 3.05) is 20.2 Å². The van der Waals surface area contributed by atoms with Gasteiger partial charge in [-0.2, -0.15) is 9.40 Å². The van der Waals surface area contributed by atoms with Gasteiger partial charge in [0.2, 0.25) is 10.0 Å². The summed E-state index contributed by atoms with van der Waals surface area (Å²) in [7, 11) is -2.07. The molecule has 0 atom stereocenters. The number of hydrogen-bond acceptors (Lipinski definition) is 4. The molecule has 2 heterocycles. The van der Waals surface area contributed by atoms with Crippen LogP contribution in [0.3, 0.4) is 0 Å². The van der Waals surface area contributed by atoms with Gasteiger partial charge < -0.3 is 4.74 Å². The van der Waals surface area contributed by atoms with Crippen molar-refractivity contribution in [2.24, 2.45) is 0 Å². The second kappa shape index (κ2) is 5.89. The number of benzene rings is 1. The summed E-state index contributed by atoms with van der Waals surface area (Å²) < 4.78 is 34.6. The maximum absolute atomic E-state index is 12.9. The van der Waals surface area contributed by atoms with E-state index in [4.69, 9.17) is 4.74 Å². The number of nitrogens with zero attached hydrogens (tertiary/aromatic N) is 3. The summed E-state index contributed by atoms with van der Waals surface area (Å²) >= 11 is 0. The number of aryl methyl sites for hydroxylation is 4. The summed E-state index contributed by atoms with van der Waals surface area (Å²) in [5, 5.41) is 4.45. The van der Waals surface area contributed by atoms with E-state index in [-0.39, 0.29) is 10.9 Å². The first-order valence-electron chi connectivity index (χ1n) is 7.92. The maximum Gasteiger partial charge on any atom is 0.246 e. The normalized spacial score (nSPS) is 16.2. The highest BCUT2D eigenvalue weighted by Crippen LogP contribution is 2.34. The second-order valence-electron chi connectivity index (χ2n) is 6.43. The summed E-state index contributed by atoms with van der Waals surface area (Å²) in [6.45, 7) is 8.64. The van der Waals surface area contributed by atoms with Gasteiger partial charge in [0.15, 0.2) is 0 Å². The minimum atomic E-state index is -3.56. The molecule has 6 nitrogen and oxygen atoms in total. The SMILES string of the molecule is COc1cc(C)c(C)cc1S(=O)(=O)N1CC(n2nc(C)cc2C)C1. The van der Waals surface area contributed by atoms with E-state index in [9.17, 15) is 8.42 Å². The van der Waals surface area contributed by atoms with Gasteiger partial charge in [-0.05, 0) is 57.0 Å². The van der Waals surface area contributed by atoms with Crippen LogP contribution in [0.15, 0.2) is 23.1 Å². The number of ether oxygens (including phenoxy) is 1. The van der Waals surface area contributed by atoms with E-state index in [0.717, 1.165) is 22.5 Å². The Morgan fingerprint density at radius 2 is 1.71 bits per heavy atom. The molecule has 0 spiro atoms. The minimum Gasteiger partial charge on any atom is -0.495 e. The predicted molar refractivity (Wildman–Crippen MR) is 92.0 cm³/mol. The topological polar surface area (TPSA) is 64.4 Å². The van der Waals surface area contributed by atoms with Crippen LogP contribution in [0.5, 0.6) is 5.75 Å². The van der Waals surface area contributed by atoms with Gasteiger partial charge in [-0.1, -0.05) is 0 Å². The summed E-state index contributed by atoms with van der Waals surface area (Å²) in [4.78, 5) is 0.236. The molecule has 1 saturated heterocycles. The van der Waals surface area contributed by atoms with Gasteiger partial charge in [-0.3, -0.25) is 4.68 Å². The molecule has 0 radical (unpaired) electrons. The summed E-state index contributed by atoms with van der Waals surface area (Å²) in [5.41, 5.74) is 3.95. The zero-order chi connectivity index (χ0) is 17.6. The summed E-state index contributed by atoms with van der Waals surface area (Å²) in [5.74, 6) is 0.396. The number of rotatable bonds is 4. The number of aromatic nitrogens is 2. The third-order valence-electron chi connectivity index (χ3n) is 4.62. The lowest BCUT2D eigenvalue weighted by atomic mass is 10.1. The molecule has 0 amide bonds. The smallest absolute Gasteiger partial charge is 0.246 e. The Bertz CT molecular complexity index is 881. The molecule has 130 valence electrons. The van der Waals surface area contributed by atoms with Crippen LogP contribution in [-0.2, 0) is 10.0 Å². The van der Waals surface area contributed by atoms with Gasteiger partial charge in [0.1, 0.15) is 10.6 Å². The quantitative estimate of drug-likeness (QED) is 0.850. The van der Waals surface area contributed by atoms with Crippen LogP contribution in [0, 0.1) is 27.7 Å². The van der Waals surface area contributed by atoms with Crippen LogP contribution >= 0.6 is 0 Å². The predicted octanol–water partition coefficient (Wildman–Crippen LogP) is 2.37. The van der Waals surface area contributed by atoms with Crippen molar-refractivity contribution in [3.63, 3.8) is 0 Å². The van der Waals surface area contributed by atoms with Crippen LogP contribution in [0.4, 0.5) is 0 Å². The highest BCUT2D eigenvalue weighted by atomic mass is 32.2. The lowest BCUT2D eigenvalue weighted by Gasteiger charge is -2.38. The summed E-state index contributed by atoms with van der Waals surface area (Å²) in [6, 6.07) is 5.57. The fourth-order valence-corrected chi connectivity index (χ4v) is 4.78. The van der Waals surface area contributed by atoms with Crippen molar-refractivity contribution in [3.05, 3.63) is 40.7 Å². The molecular weight excluding hydrogens is 326 g/mol. The first kappa shape index (κ1) is 17.0. The number of sulfonamides is 1. The van der Waals surface area contributed by atoms with Crippen molar-refractivity contribution in [1.82, 2.24) is 14.1 Å². The molecule has 24 heavy (non-hydrogen) atoms. The van der Waals surface area contributed by atoms with Crippen molar-refractivity contribution in [2.45, 2.75) is 38.6 Å². The van der Waals surface area contributed by atoms with Gasteiger partial charge in [0.25, 0.3) is 0 Å². The molecule has 7 heteroatoms. The molecule has 1 fully saturated rings. The van der Waals surface area contributed by atoms with Gasteiger partial charge in [0, 0.05) is 18.8 Å². The molecule has 0 aliphatic carbocycles. The minimum absolute atomic E-state index is 0.0889. The van der Waals surface area contributed by atoms with Gasteiger partial charge in [0.05, 0.1) is 18.8 Å². The Morgan fingerprint density at radius 3 is 2.25 bits per heavy atom. The van der Waals surface area contributed by atoms with Crippen LogP contribution in [0.25, 0.3) is 0 Å². The first-order chi connectivity index (χ1) is 11.2. The van der Waals surface area contributed by atoms with E-state index < -0.39 is 10.0 Å². The molecule has 0 N–H and O–H groups in total. The molecule has 1 aromatic carbocycles. The highest BCUT2D eigenvalue weighted by molar-refractivity contribution is 7.89. The summed E-state index contributed by atoms with van der Waals surface area (Å²) in [6.07, 6.45) is 0. The maximum atomic E-state index is 12.9. The lowest BCUT2D eigenvalue weighted by molar-refractivity contribution is 0.188. The molecule has 0 unspecified atom stereocenters. The fraction of sp³-hybridized carbons (Fsp3) is 0.471. The highest BCUT2D eigenvalue weighted by Gasteiger charge is 2.40. The van der Waals surface area contributed by atoms with E-state index >= 15 is 0 Å². The Balaban J connectivity index is 1.86. The van der Waals surface area contributed by atoms with Gasteiger partial charge in [-0.15, -0.1) is 0 Å². The number of hydrogen-bond donors (Lipinski definition) is 0. The monoisotopic (exact) mass is 349 g/mol. The molecule has 2 aromatic rings. The molecular formula is C17H23N3O3S. The third-order valence-corrected chi connectivity index (χ3v) is 6.47. The standard InChI is InChI=1S/C17H23N3O3S/c1-11-6-16(23-5)17(7-12(11)2)24(21,22)19-9-15(10-19)20-14(4)8-13(3)18-20/h6-8,15H,9-10H2,1-5H3. The lowest BCUT2D eigenvalue weighted by Crippen LogP contribution is -2.51. The zero-order valence-corrected chi connectivity index (χ0v) is 15.5. The van der Waals surface area contributed by atoms with Gasteiger partial charge in [-0.25, -0.2) is 8.42 Å². The van der Waals surface area contributed by atoms with Crippen molar-refractivity contribution < 1.29 is 13.2 Å². The Kier molecular flexibility index (Phi) is 4.17. The molecule has 0 saturated carbocycles. The molecule has 1 aliphatic heterocycles. The molecule has 3 rings (SSSR count). The van der Waals surface area contributed by atoms with Crippen molar-refractivity contribution in [3.8, 4) is 5.75 Å². The Morgan fingerprint density at radius 1 is 1.08 bits per heavy atom. The van der Waals surface area contributed by atoms with Crippen LogP contribution < -0.4 is 4.74 Å². The van der Waals surface area contributed by atoms with Crippen molar-refractivity contribution in [1.29, 1.82) is 0 Å². The van der Waals surface area contributed by atoms with Crippen LogP contribution in [0.2, 0.25) is 0 Å². The molecule has 1 aromatic heterocycles. The Labute approximate surface area is 143 Å². The first-order valence-corrected chi connectivity index (χ1v) is 9.36. The zero-order valence-electron chi connectivity index (χ0n) is 14.7. The van der Waals surface area contributed by atoms with E-state index in [2.05, 4.69) is 5.10 Å². The number of methoxy groups -OCH3 is 1. The second-order valence-corrected chi connectivity index (χ2v) is 8.34. The average molecular weight is 349 g/mol. The molecule has 1 aliphatic rings. The largest absolute Gasteiger partial charge is 0.495 e. The third kappa shape index (κ3) is 2.71. The van der Waals surface area contributed by atoms with E-state index in [1.54, 1.807) is 12.1 Å². The van der Waals surface area contributed by atoms with Gasteiger partial charge >= 0.3 is 0 Å². The van der Waals surface area contributed by atoms with E-state index in [0.29, 0.717) is 18.8 Å². The van der Waals surface area contributed by atoms with Crippen LogP contribution in [0.1, 0.15) is 28.6 Å². The van der Waals surface area contributed by atoms with Crippen LogP contribution in [-0.4, -0.2) is 42.7 Å². The van der Waals surface area contributed by atoms with Crippen molar-refractivity contribution >= 4 is 10.0 Å². The Hall–Kier alpha value is -1.86.